The van der Waals surface area contributed by atoms with Gasteiger partial charge in [-0.1, -0.05) is 18.2 Å². The Hall–Kier alpha value is -1.49. The molecule has 104 valence electrons. The van der Waals surface area contributed by atoms with E-state index in [2.05, 4.69) is 15.4 Å². The van der Waals surface area contributed by atoms with Gasteiger partial charge in [0, 0.05) is 24.4 Å². The Kier molecular flexibility index (Phi) is 4.14. The Balaban J connectivity index is 1.90. The van der Waals surface area contributed by atoms with Crippen LogP contribution in [-0.4, -0.2) is 24.0 Å². The first-order valence-corrected chi connectivity index (χ1v) is 6.17. The monoisotopic (exact) mass is 271 g/mol. The quantitative estimate of drug-likeness (QED) is 0.752. The van der Waals surface area contributed by atoms with E-state index in [0.717, 1.165) is 16.6 Å². The van der Waals surface area contributed by atoms with Crippen molar-refractivity contribution < 1.29 is 17.9 Å². The SMILES string of the molecule is Cc1cc2ccccc2n1CCCOCC(F)(F)F. The van der Waals surface area contributed by atoms with Gasteiger partial charge in [-0.15, -0.1) is 0 Å². The van der Waals surface area contributed by atoms with Gasteiger partial charge in [0.25, 0.3) is 0 Å². The predicted molar refractivity (Wildman–Crippen MR) is 68.2 cm³/mol. The molecule has 2 rings (SSSR count). The van der Waals surface area contributed by atoms with E-state index >= 15 is 0 Å². The number of nitrogens with zero attached hydrogens (tertiary/aromatic N) is 1. The summed E-state index contributed by atoms with van der Waals surface area (Å²) >= 11 is 0. The second-order valence-corrected chi connectivity index (χ2v) is 4.52. The molecule has 0 amide bonds. The van der Waals surface area contributed by atoms with Crippen LogP contribution in [0.5, 0.6) is 0 Å². The number of rotatable bonds is 5. The normalized spacial score (nSPS) is 12.2. The van der Waals surface area contributed by atoms with Crippen molar-refractivity contribution in [3.05, 3.63) is 36.0 Å². The van der Waals surface area contributed by atoms with Crippen LogP contribution in [0, 0.1) is 6.92 Å². The minimum absolute atomic E-state index is 0.117. The zero-order chi connectivity index (χ0) is 13.9. The number of hydrogen-bond acceptors (Lipinski definition) is 1. The van der Waals surface area contributed by atoms with Crippen molar-refractivity contribution in [3.63, 3.8) is 0 Å². The minimum Gasteiger partial charge on any atom is -0.372 e. The number of fused-ring (bicyclic) bond motifs is 1. The number of aryl methyl sites for hydroxylation is 2. The van der Waals surface area contributed by atoms with E-state index in [0.29, 0.717) is 13.0 Å². The maximum Gasteiger partial charge on any atom is 0.411 e. The number of aromatic nitrogens is 1. The molecule has 1 aromatic carbocycles. The summed E-state index contributed by atoms with van der Waals surface area (Å²) in [7, 11) is 0. The van der Waals surface area contributed by atoms with Crippen LogP contribution in [-0.2, 0) is 11.3 Å². The first kappa shape index (κ1) is 13.9. The average Bonchev–Trinajstić information content (AvgIpc) is 2.64. The van der Waals surface area contributed by atoms with Crippen molar-refractivity contribution >= 4 is 10.9 Å². The molecule has 0 unspecified atom stereocenters. The van der Waals surface area contributed by atoms with Crippen molar-refractivity contribution in [2.45, 2.75) is 26.1 Å². The third-order valence-electron chi connectivity index (χ3n) is 2.95. The van der Waals surface area contributed by atoms with Crippen molar-refractivity contribution in [1.82, 2.24) is 4.57 Å². The minimum atomic E-state index is -4.24. The second kappa shape index (κ2) is 5.65. The van der Waals surface area contributed by atoms with Crippen molar-refractivity contribution in [2.24, 2.45) is 0 Å². The Morgan fingerprint density at radius 2 is 1.95 bits per heavy atom. The highest BCUT2D eigenvalue weighted by molar-refractivity contribution is 5.81. The van der Waals surface area contributed by atoms with E-state index in [9.17, 15) is 13.2 Å². The Morgan fingerprint density at radius 3 is 2.68 bits per heavy atom. The first-order chi connectivity index (χ1) is 8.97. The van der Waals surface area contributed by atoms with Gasteiger partial charge in [-0.25, -0.2) is 0 Å². The fourth-order valence-corrected chi connectivity index (χ4v) is 2.16. The number of alkyl halides is 3. The summed E-state index contributed by atoms with van der Waals surface area (Å²) in [6.45, 7) is 1.61. The molecule has 0 aliphatic rings. The third kappa shape index (κ3) is 3.73. The van der Waals surface area contributed by atoms with Gasteiger partial charge in [0.2, 0.25) is 0 Å². The lowest BCUT2D eigenvalue weighted by Crippen LogP contribution is -2.17. The molecule has 0 fully saturated rings. The third-order valence-corrected chi connectivity index (χ3v) is 2.95. The fourth-order valence-electron chi connectivity index (χ4n) is 2.16. The molecule has 1 heterocycles. The predicted octanol–water partition coefficient (Wildman–Crippen LogP) is 3.92. The average molecular weight is 271 g/mol. The highest BCUT2D eigenvalue weighted by atomic mass is 19.4. The van der Waals surface area contributed by atoms with Gasteiger partial charge < -0.3 is 9.30 Å². The molecule has 1 aromatic heterocycles. The van der Waals surface area contributed by atoms with E-state index < -0.39 is 12.8 Å². The molecular formula is C14H16F3NO. The lowest BCUT2D eigenvalue weighted by molar-refractivity contribution is -0.174. The number of para-hydroxylation sites is 1. The van der Waals surface area contributed by atoms with Crippen LogP contribution in [0.3, 0.4) is 0 Å². The van der Waals surface area contributed by atoms with Crippen LogP contribution in [0.4, 0.5) is 13.2 Å². The van der Waals surface area contributed by atoms with Gasteiger partial charge in [-0.05, 0) is 30.9 Å². The Bertz CT molecular complexity index is 545. The smallest absolute Gasteiger partial charge is 0.372 e. The molecule has 0 bridgehead atoms. The number of ether oxygens (including phenoxy) is 1. The summed E-state index contributed by atoms with van der Waals surface area (Å²) in [5, 5.41) is 1.15. The van der Waals surface area contributed by atoms with E-state index in [1.807, 2.05) is 31.2 Å². The Morgan fingerprint density at radius 1 is 1.21 bits per heavy atom. The van der Waals surface area contributed by atoms with E-state index in [1.165, 1.54) is 0 Å². The van der Waals surface area contributed by atoms with Crippen molar-refractivity contribution in [3.8, 4) is 0 Å². The number of benzene rings is 1. The van der Waals surface area contributed by atoms with Crippen LogP contribution < -0.4 is 0 Å². The van der Waals surface area contributed by atoms with E-state index in [-0.39, 0.29) is 6.61 Å². The topological polar surface area (TPSA) is 14.2 Å². The molecule has 2 aromatic rings. The summed E-state index contributed by atoms with van der Waals surface area (Å²) < 4.78 is 42.4. The summed E-state index contributed by atoms with van der Waals surface area (Å²) in [6.07, 6.45) is -3.67. The molecule has 0 aliphatic heterocycles. The van der Waals surface area contributed by atoms with Crippen LogP contribution in [0.25, 0.3) is 10.9 Å². The summed E-state index contributed by atoms with van der Waals surface area (Å²) in [5.74, 6) is 0. The summed E-state index contributed by atoms with van der Waals surface area (Å²) in [6, 6.07) is 10.0. The number of hydrogen-bond donors (Lipinski definition) is 0. The molecule has 2 nitrogen and oxygen atoms in total. The molecule has 0 saturated carbocycles. The largest absolute Gasteiger partial charge is 0.411 e. The zero-order valence-corrected chi connectivity index (χ0v) is 10.7. The highest BCUT2D eigenvalue weighted by Gasteiger charge is 2.27. The van der Waals surface area contributed by atoms with Gasteiger partial charge in [-0.3, -0.25) is 0 Å². The second-order valence-electron chi connectivity index (χ2n) is 4.52. The lowest BCUT2D eigenvalue weighted by Gasteiger charge is -2.10. The van der Waals surface area contributed by atoms with Crippen LogP contribution >= 0.6 is 0 Å². The van der Waals surface area contributed by atoms with Gasteiger partial charge in [0.05, 0.1) is 0 Å². The maximum absolute atomic E-state index is 11.9. The van der Waals surface area contributed by atoms with Gasteiger partial charge in [0.15, 0.2) is 0 Å². The van der Waals surface area contributed by atoms with Gasteiger partial charge in [0.1, 0.15) is 6.61 Å². The molecular weight excluding hydrogens is 255 g/mol. The number of halogens is 3. The molecule has 0 N–H and O–H groups in total. The highest BCUT2D eigenvalue weighted by Crippen LogP contribution is 2.19. The lowest BCUT2D eigenvalue weighted by atomic mass is 10.2. The zero-order valence-electron chi connectivity index (χ0n) is 10.7. The van der Waals surface area contributed by atoms with Crippen LogP contribution in [0.2, 0.25) is 0 Å². The van der Waals surface area contributed by atoms with Gasteiger partial charge >= 0.3 is 6.18 Å². The maximum atomic E-state index is 11.9. The fraction of sp³-hybridized carbons (Fsp3) is 0.429. The molecule has 0 spiro atoms. The molecule has 5 heteroatoms. The molecule has 0 atom stereocenters. The molecule has 0 saturated heterocycles. The van der Waals surface area contributed by atoms with Crippen molar-refractivity contribution in [2.75, 3.05) is 13.2 Å². The van der Waals surface area contributed by atoms with Crippen LogP contribution in [0.1, 0.15) is 12.1 Å². The Labute approximate surface area is 109 Å². The molecule has 0 aliphatic carbocycles. The first-order valence-electron chi connectivity index (χ1n) is 6.17. The van der Waals surface area contributed by atoms with Crippen molar-refractivity contribution in [1.29, 1.82) is 0 Å². The van der Waals surface area contributed by atoms with Crippen LogP contribution in [0.15, 0.2) is 30.3 Å². The van der Waals surface area contributed by atoms with E-state index in [1.54, 1.807) is 0 Å². The molecule has 0 radical (unpaired) electrons. The summed E-state index contributed by atoms with van der Waals surface area (Å²) in [5.41, 5.74) is 2.22. The van der Waals surface area contributed by atoms with Gasteiger partial charge in [-0.2, -0.15) is 13.2 Å². The summed E-state index contributed by atoms with van der Waals surface area (Å²) in [4.78, 5) is 0. The van der Waals surface area contributed by atoms with E-state index in [4.69, 9.17) is 0 Å². The molecule has 19 heavy (non-hydrogen) atoms. The standard InChI is InChI=1S/C14H16F3NO/c1-11-9-12-5-2-3-6-13(12)18(11)7-4-8-19-10-14(15,16)17/h2-3,5-6,9H,4,7-8,10H2,1H3.